The van der Waals surface area contributed by atoms with Gasteiger partial charge in [-0.05, 0) is 37.1 Å². The van der Waals surface area contributed by atoms with Gasteiger partial charge in [-0.25, -0.2) is 0 Å². The van der Waals surface area contributed by atoms with Gasteiger partial charge in [0.15, 0.2) is 0 Å². The molecule has 3 N–H and O–H groups in total. The molecule has 0 spiro atoms. The molecule has 2 unspecified atom stereocenters. The number of benzene rings is 1. The van der Waals surface area contributed by atoms with Gasteiger partial charge in [0.2, 0.25) is 0 Å². The first kappa shape index (κ1) is 13.3. The third-order valence-electron chi connectivity index (χ3n) is 3.23. The molecule has 1 aliphatic carbocycles. The summed E-state index contributed by atoms with van der Waals surface area (Å²) >= 11 is 0. The Morgan fingerprint density at radius 1 is 1.11 bits per heavy atom. The topological polar surface area (TPSA) is 86.6 Å². The SMILES string of the molecule is O=S(=O)(O)c1ccc(NC2CCCCC2O)cc1. The quantitative estimate of drug-likeness (QED) is 0.728. The van der Waals surface area contributed by atoms with Gasteiger partial charge >= 0.3 is 0 Å². The van der Waals surface area contributed by atoms with Crippen molar-refractivity contribution >= 4 is 15.8 Å². The summed E-state index contributed by atoms with van der Waals surface area (Å²) in [5.41, 5.74) is 0.744. The number of aliphatic hydroxyl groups excluding tert-OH is 1. The average molecular weight is 271 g/mol. The van der Waals surface area contributed by atoms with Gasteiger partial charge in [0.1, 0.15) is 0 Å². The van der Waals surface area contributed by atoms with Crippen molar-refractivity contribution in [1.82, 2.24) is 0 Å². The third-order valence-corrected chi connectivity index (χ3v) is 4.10. The van der Waals surface area contributed by atoms with Gasteiger partial charge < -0.3 is 10.4 Å². The van der Waals surface area contributed by atoms with E-state index < -0.39 is 10.1 Å². The zero-order valence-electron chi connectivity index (χ0n) is 9.91. The van der Waals surface area contributed by atoms with E-state index in [1.807, 2.05) is 0 Å². The lowest BCUT2D eigenvalue weighted by molar-refractivity contribution is 0.116. The summed E-state index contributed by atoms with van der Waals surface area (Å²) < 4.78 is 30.6. The zero-order chi connectivity index (χ0) is 13.2. The molecule has 0 aliphatic heterocycles. The Bertz CT molecular complexity index is 497. The first-order chi connectivity index (χ1) is 8.47. The second kappa shape index (κ2) is 5.26. The molecule has 1 aliphatic rings. The summed E-state index contributed by atoms with van der Waals surface area (Å²) in [4.78, 5) is -0.128. The van der Waals surface area contributed by atoms with Crippen LogP contribution in [0.4, 0.5) is 5.69 Å². The van der Waals surface area contributed by atoms with Crippen molar-refractivity contribution in [3.8, 4) is 0 Å². The van der Waals surface area contributed by atoms with Crippen LogP contribution in [0.25, 0.3) is 0 Å². The molecule has 1 aromatic rings. The van der Waals surface area contributed by atoms with Crippen LogP contribution in [-0.2, 0) is 10.1 Å². The molecule has 1 saturated carbocycles. The maximum atomic E-state index is 10.9. The van der Waals surface area contributed by atoms with Crippen molar-refractivity contribution in [2.75, 3.05) is 5.32 Å². The second-order valence-corrected chi connectivity index (χ2v) is 6.02. The van der Waals surface area contributed by atoms with E-state index in [-0.39, 0.29) is 17.0 Å². The molecule has 0 amide bonds. The zero-order valence-corrected chi connectivity index (χ0v) is 10.7. The molecule has 0 radical (unpaired) electrons. The van der Waals surface area contributed by atoms with Crippen molar-refractivity contribution in [2.45, 2.75) is 42.7 Å². The molecule has 5 nitrogen and oxygen atoms in total. The average Bonchev–Trinajstić information content (AvgIpc) is 2.32. The van der Waals surface area contributed by atoms with Gasteiger partial charge in [0, 0.05) is 5.69 Å². The first-order valence-corrected chi connectivity index (χ1v) is 7.43. The monoisotopic (exact) mass is 271 g/mol. The highest BCUT2D eigenvalue weighted by molar-refractivity contribution is 7.85. The lowest BCUT2D eigenvalue weighted by Gasteiger charge is -2.29. The van der Waals surface area contributed by atoms with E-state index in [1.165, 1.54) is 12.1 Å². The van der Waals surface area contributed by atoms with Crippen molar-refractivity contribution in [3.63, 3.8) is 0 Å². The Hall–Kier alpha value is -1.11. The minimum atomic E-state index is -4.14. The predicted molar refractivity (Wildman–Crippen MR) is 68.1 cm³/mol. The highest BCUT2D eigenvalue weighted by Gasteiger charge is 2.22. The normalized spacial score (nSPS) is 24.8. The number of anilines is 1. The van der Waals surface area contributed by atoms with E-state index in [4.69, 9.17) is 4.55 Å². The smallest absolute Gasteiger partial charge is 0.294 e. The second-order valence-electron chi connectivity index (χ2n) is 4.60. The Morgan fingerprint density at radius 3 is 2.28 bits per heavy atom. The highest BCUT2D eigenvalue weighted by atomic mass is 32.2. The van der Waals surface area contributed by atoms with Crippen molar-refractivity contribution in [3.05, 3.63) is 24.3 Å². The van der Waals surface area contributed by atoms with Crippen LogP contribution in [0.1, 0.15) is 25.7 Å². The maximum Gasteiger partial charge on any atom is 0.294 e. The number of hydrogen-bond donors (Lipinski definition) is 3. The fraction of sp³-hybridized carbons (Fsp3) is 0.500. The van der Waals surface area contributed by atoms with Crippen molar-refractivity contribution in [2.24, 2.45) is 0 Å². The largest absolute Gasteiger partial charge is 0.391 e. The van der Waals surface area contributed by atoms with Gasteiger partial charge in [0.25, 0.3) is 10.1 Å². The number of nitrogens with one attached hydrogen (secondary N) is 1. The third kappa shape index (κ3) is 3.22. The lowest BCUT2D eigenvalue weighted by Crippen LogP contribution is -2.36. The molecule has 18 heavy (non-hydrogen) atoms. The minimum absolute atomic E-state index is 0.00957. The van der Waals surface area contributed by atoms with Crippen LogP contribution in [0.2, 0.25) is 0 Å². The van der Waals surface area contributed by atoms with E-state index in [9.17, 15) is 13.5 Å². The van der Waals surface area contributed by atoms with Crippen LogP contribution in [0.3, 0.4) is 0 Å². The van der Waals surface area contributed by atoms with Gasteiger partial charge in [0.05, 0.1) is 17.0 Å². The molecule has 1 aromatic carbocycles. The molecule has 0 saturated heterocycles. The Balaban J connectivity index is 2.06. The minimum Gasteiger partial charge on any atom is -0.391 e. The molecule has 2 atom stereocenters. The van der Waals surface area contributed by atoms with Gasteiger partial charge in [-0.2, -0.15) is 8.42 Å². The fourth-order valence-corrected chi connectivity index (χ4v) is 2.70. The van der Waals surface area contributed by atoms with Crippen molar-refractivity contribution in [1.29, 1.82) is 0 Å². The van der Waals surface area contributed by atoms with Gasteiger partial charge in [-0.15, -0.1) is 0 Å². The Kier molecular flexibility index (Phi) is 3.89. The molecule has 2 rings (SSSR count). The fourth-order valence-electron chi connectivity index (χ4n) is 2.22. The molecule has 0 aromatic heterocycles. The molecule has 0 heterocycles. The lowest BCUT2D eigenvalue weighted by atomic mass is 9.92. The molecular formula is C12H17NO4S. The van der Waals surface area contributed by atoms with Crippen LogP contribution in [0, 0.1) is 0 Å². The van der Waals surface area contributed by atoms with Crippen LogP contribution in [0.15, 0.2) is 29.2 Å². The number of hydrogen-bond acceptors (Lipinski definition) is 4. The van der Waals surface area contributed by atoms with E-state index in [2.05, 4.69) is 5.32 Å². The summed E-state index contributed by atoms with van der Waals surface area (Å²) in [7, 11) is -4.14. The molecule has 0 bridgehead atoms. The van der Waals surface area contributed by atoms with Gasteiger partial charge in [-0.1, -0.05) is 12.8 Å². The van der Waals surface area contributed by atoms with Crippen molar-refractivity contribution < 1.29 is 18.1 Å². The van der Waals surface area contributed by atoms with E-state index in [0.29, 0.717) is 0 Å². The summed E-state index contributed by atoms with van der Waals surface area (Å²) in [6, 6.07) is 5.87. The van der Waals surface area contributed by atoms with E-state index in [1.54, 1.807) is 12.1 Å². The van der Waals surface area contributed by atoms with Crippen LogP contribution in [0.5, 0.6) is 0 Å². The van der Waals surface area contributed by atoms with Crippen LogP contribution in [-0.4, -0.2) is 30.2 Å². The maximum absolute atomic E-state index is 10.9. The Labute approximate surface area is 107 Å². The van der Waals surface area contributed by atoms with Crippen LogP contribution < -0.4 is 5.32 Å². The Morgan fingerprint density at radius 2 is 1.72 bits per heavy atom. The number of aliphatic hydroxyl groups is 1. The first-order valence-electron chi connectivity index (χ1n) is 5.99. The van der Waals surface area contributed by atoms with E-state index >= 15 is 0 Å². The predicted octanol–water partition coefficient (Wildman–Crippen LogP) is 1.65. The van der Waals surface area contributed by atoms with E-state index in [0.717, 1.165) is 31.4 Å². The summed E-state index contributed by atoms with van der Waals surface area (Å²) in [5.74, 6) is 0. The number of rotatable bonds is 3. The molecule has 100 valence electrons. The molecule has 1 fully saturated rings. The standard InChI is InChI=1S/C12H17NO4S/c14-12-4-2-1-3-11(12)13-9-5-7-10(8-6-9)18(15,16)17/h5-8,11-14H,1-4H2,(H,15,16,17). The summed E-state index contributed by atoms with van der Waals surface area (Å²) in [6.07, 6.45) is 3.46. The van der Waals surface area contributed by atoms with Gasteiger partial charge in [-0.3, -0.25) is 4.55 Å². The summed E-state index contributed by atoms with van der Waals surface area (Å²) in [5, 5.41) is 13.0. The molecule has 6 heteroatoms. The molecular weight excluding hydrogens is 254 g/mol. The summed E-state index contributed by atoms with van der Waals surface area (Å²) in [6.45, 7) is 0. The highest BCUT2D eigenvalue weighted by Crippen LogP contribution is 2.23. The van der Waals surface area contributed by atoms with Crippen LogP contribution >= 0.6 is 0 Å².